The largest absolute Gasteiger partial charge is 0.480 e. The second kappa shape index (κ2) is 5.00. The second-order valence-corrected chi connectivity index (χ2v) is 4.89. The zero-order chi connectivity index (χ0) is 14.0. The molecule has 2 N–H and O–H groups in total. The van der Waals surface area contributed by atoms with Crippen molar-refractivity contribution in [3.8, 4) is 0 Å². The van der Waals surface area contributed by atoms with Crippen molar-refractivity contribution in [1.82, 2.24) is 15.1 Å². The summed E-state index contributed by atoms with van der Waals surface area (Å²) in [4.78, 5) is 37.5. The number of nitrogens with zero attached hydrogens (tertiary/aromatic N) is 2. The molecule has 3 amide bonds. The number of carboxylic acid groups (broad SMARTS) is 1. The fourth-order valence-electron chi connectivity index (χ4n) is 2.59. The first kappa shape index (κ1) is 13.5. The van der Waals surface area contributed by atoms with Crippen LogP contribution in [0, 0.1) is 0 Å². The van der Waals surface area contributed by atoms with Gasteiger partial charge in [-0.2, -0.15) is 0 Å². The summed E-state index contributed by atoms with van der Waals surface area (Å²) in [7, 11) is 0. The number of amides is 3. The Morgan fingerprint density at radius 1 is 1.42 bits per heavy atom. The van der Waals surface area contributed by atoms with Crippen molar-refractivity contribution < 1.29 is 19.5 Å². The quantitative estimate of drug-likeness (QED) is 0.536. The number of hydrogen-bond donors (Lipinski definition) is 2. The third-order valence-electron chi connectivity index (χ3n) is 3.64. The molecule has 1 spiro atoms. The highest BCUT2D eigenvalue weighted by molar-refractivity contribution is 6.08. The van der Waals surface area contributed by atoms with Crippen molar-refractivity contribution in [3.05, 3.63) is 12.7 Å². The summed E-state index contributed by atoms with van der Waals surface area (Å²) < 4.78 is 0. The molecule has 2 fully saturated rings. The molecule has 0 atom stereocenters. The highest BCUT2D eigenvalue weighted by Crippen LogP contribution is 2.29. The molecule has 0 aromatic rings. The van der Waals surface area contributed by atoms with Crippen LogP contribution in [0.3, 0.4) is 0 Å². The van der Waals surface area contributed by atoms with Crippen molar-refractivity contribution in [2.75, 3.05) is 26.2 Å². The summed E-state index contributed by atoms with van der Waals surface area (Å²) in [6, 6.07) is -0.607. The van der Waals surface area contributed by atoms with Gasteiger partial charge in [0.25, 0.3) is 5.91 Å². The number of carbonyl (C=O) groups excluding carboxylic acids is 2. The molecule has 0 aromatic heterocycles. The van der Waals surface area contributed by atoms with Gasteiger partial charge in [0.05, 0.1) is 0 Å². The van der Waals surface area contributed by atoms with Gasteiger partial charge in [0.1, 0.15) is 12.1 Å². The maximum absolute atomic E-state index is 12.2. The average Bonchev–Trinajstić information content (AvgIpc) is 2.57. The summed E-state index contributed by atoms with van der Waals surface area (Å²) in [5.74, 6) is -1.61. The molecule has 2 aliphatic heterocycles. The lowest BCUT2D eigenvalue weighted by molar-refractivity contribution is -0.143. The minimum atomic E-state index is -1.19. The number of urea groups is 1. The second-order valence-electron chi connectivity index (χ2n) is 4.89. The summed E-state index contributed by atoms with van der Waals surface area (Å²) in [6.45, 7) is 5.19. The fraction of sp³-hybridized carbons (Fsp3) is 0.583. The zero-order valence-electron chi connectivity index (χ0n) is 10.6. The van der Waals surface area contributed by atoms with Crippen LogP contribution < -0.4 is 5.32 Å². The van der Waals surface area contributed by atoms with E-state index in [1.54, 1.807) is 6.08 Å². The number of carbonyl (C=O) groups is 3. The van der Waals surface area contributed by atoms with Gasteiger partial charge in [-0.05, 0) is 12.8 Å². The molecule has 7 heteroatoms. The molecule has 0 saturated carbocycles. The van der Waals surface area contributed by atoms with Gasteiger partial charge in [-0.15, -0.1) is 6.58 Å². The molecule has 0 bridgehead atoms. The van der Waals surface area contributed by atoms with Gasteiger partial charge in [0, 0.05) is 19.6 Å². The van der Waals surface area contributed by atoms with E-state index in [0.29, 0.717) is 25.9 Å². The number of rotatable bonds is 4. The van der Waals surface area contributed by atoms with Crippen LogP contribution in [0.25, 0.3) is 0 Å². The van der Waals surface area contributed by atoms with E-state index in [9.17, 15) is 14.4 Å². The molecule has 2 rings (SSSR count). The Kier molecular flexibility index (Phi) is 3.57. The minimum absolute atomic E-state index is 0.418. The van der Waals surface area contributed by atoms with E-state index in [0.717, 1.165) is 11.4 Å². The van der Waals surface area contributed by atoms with Gasteiger partial charge < -0.3 is 10.4 Å². The Balaban J connectivity index is 2.06. The standard InChI is InChI=1S/C12H17N3O4/c1-2-5-14-6-3-12(4-7-14)10(18)15(8-9(16)17)11(19)13-12/h2H,1,3-8H2,(H,13,19)(H,16,17). The highest BCUT2D eigenvalue weighted by atomic mass is 16.4. The molecule has 0 aliphatic carbocycles. The van der Waals surface area contributed by atoms with E-state index >= 15 is 0 Å². The Bertz CT molecular complexity index is 427. The van der Waals surface area contributed by atoms with Crippen LogP contribution in [-0.2, 0) is 9.59 Å². The monoisotopic (exact) mass is 267 g/mol. The maximum atomic E-state index is 12.2. The van der Waals surface area contributed by atoms with Gasteiger partial charge in [0.15, 0.2) is 0 Å². The van der Waals surface area contributed by atoms with Crippen molar-refractivity contribution in [2.45, 2.75) is 18.4 Å². The number of aliphatic carboxylic acids is 1. The highest BCUT2D eigenvalue weighted by Gasteiger charge is 2.52. The third kappa shape index (κ3) is 2.46. The lowest BCUT2D eigenvalue weighted by Crippen LogP contribution is -2.55. The smallest absolute Gasteiger partial charge is 0.325 e. The van der Waals surface area contributed by atoms with Crippen molar-refractivity contribution in [3.63, 3.8) is 0 Å². The van der Waals surface area contributed by atoms with Gasteiger partial charge in [-0.25, -0.2) is 4.79 Å². The van der Waals surface area contributed by atoms with E-state index < -0.39 is 30.0 Å². The first-order chi connectivity index (χ1) is 8.98. The Morgan fingerprint density at radius 2 is 2.05 bits per heavy atom. The SMILES string of the molecule is C=CCN1CCC2(CC1)NC(=O)N(CC(=O)O)C2=O. The number of hydrogen-bond acceptors (Lipinski definition) is 4. The van der Waals surface area contributed by atoms with Crippen LogP contribution in [0.4, 0.5) is 4.79 Å². The summed E-state index contributed by atoms with van der Waals surface area (Å²) in [5.41, 5.74) is -0.912. The van der Waals surface area contributed by atoms with Crippen LogP contribution in [0.5, 0.6) is 0 Å². The van der Waals surface area contributed by atoms with E-state index in [4.69, 9.17) is 5.11 Å². The molecular formula is C12H17N3O4. The molecular weight excluding hydrogens is 250 g/mol. The van der Waals surface area contributed by atoms with Crippen molar-refractivity contribution >= 4 is 17.9 Å². The molecule has 19 heavy (non-hydrogen) atoms. The Labute approximate surface area is 110 Å². The van der Waals surface area contributed by atoms with Gasteiger partial charge in [0.2, 0.25) is 0 Å². The van der Waals surface area contributed by atoms with Crippen LogP contribution in [0.15, 0.2) is 12.7 Å². The van der Waals surface area contributed by atoms with E-state index in [-0.39, 0.29) is 0 Å². The molecule has 0 unspecified atom stereocenters. The topological polar surface area (TPSA) is 90.0 Å². The van der Waals surface area contributed by atoms with Crippen LogP contribution in [0.2, 0.25) is 0 Å². The Morgan fingerprint density at radius 3 is 2.58 bits per heavy atom. The van der Waals surface area contributed by atoms with Crippen molar-refractivity contribution in [2.24, 2.45) is 0 Å². The normalized spacial score (nSPS) is 22.6. The molecule has 2 aliphatic rings. The lowest BCUT2D eigenvalue weighted by Gasteiger charge is -2.36. The van der Waals surface area contributed by atoms with E-state index in [2.05, 4.69) is 16.8 Å². The number of nitrogens with one attached hydrogen (secondary N) is 1. The molecule has 2 saturated heterocycles. The number of carboxylic acids is 1. The number of imide groups is 1. The van der Waals surface area contributed by atoms with E-state index in [1.807, 2.05) is 0 Å². The van der Waals surface area contributed by atoms with Crippen LogP contribution >= 0.6 is 0 Å². The number of likely N-dealkylation sites (tertiary alicyclic amines) is 1. The summed E-state index contributed by atoms with van der Waals surface area (Å²) in [5, 5.41) is 11.4. The first-order valence-corrected chi connectivity index (χ1v) is 6.18. The third-order valence-corrected chi connectivity index (χ3v) is 3.64. The van der Waals surface area contributed by atoms with Crippen LogP contribution in [-0.4, -0.2) is 64.5 Å². The zero-order valence-corrected chi connectivity index (χ0v) is 10.6. The van der Waals surface area contributed by atoms with Crippen molar-refractivity contribution in [1.29, 1.82) is 0 Å². The predicted molar refractivity (Wildman–Crippen MR) is 66.5 cm³/mol. The molecule has 7 nitrogen and oxygen atoms in total. The molecule has 2 heterocycles. The lowest BCUT2D eigenvalue weighted by atomic mass is 9.87. The molecule has 104 valence electrons. The average molecular weight is 267 g/mol. The van der Waals surface area contributed by atoms with E-state index in [1.165, 1.54) is 0 Å². The summed E-state index contributed by atoms with van der Waals surface area (Å²) in [6.07, 6.45) is 2.80. The van der Waals surface area contributed by atoms with Crippen LogP contribution in [0.1, 0.15) is 12.8 Å². The predicted octanol–water partition coefficient (Wildman–Crippen LogP) is -0.357. The maximum Gasteiger partial charge on any atom is 0.325 e. The van der Waals surface area contributed by atoms with Gasteiger partial charge in [-0.3, -0.25) is 19.4 Å². The minimum Gasteiger partial charge on any atom is -0.480 e. The number of piperidine rings is 1. The van der Waals surface area contributed by atoms with Gasteiger partial charge >= 0.3 is 12.0 Å². The molecule has 0 radical (unpaired) electrons. The summed E-state index contributed by atoms with van der Waals surface area (Å²) >= 11 is 0. The fourth-order valence-corrected chi connectivity index (χ4v) is 2.59. The first-order valence-electron chi connectivity index (χ1n) is 6.18. The molecule has 0 aromatic carbocycles. The van der Waals surface area contributed by atoms with Gasteiger partial charge in [-0.1, -0.05) is 6.08 Å². The Hall–Kier alpha value is -1.89.